The maximum Gasteiger partial charge on any atom is 0.261 e. The van der Waals surface area contributed by atoms with Gasteiger partial charge in [0, 0.05) is 11.2 Å². The third-order valence-electron chi connectivity index (χ3n) is 6.29. The Morgan fingerprint density at radius 1 is 0.972 bits per heavy atom. The number of carbonyl (C=O) groups excluding carboxylic acids is 3. The van der Waals surface area contributed by atoms with Gasteiger partial charge in [0.15, 0.2) is 0 Å². The van der Waals surface area contributed by atoms with Gasteiger partial charge in [-0.1, -0.05) is 67.9 Å². The number of amides is 3. The molecule has 3 amide bonds. The first kappa shape index (κ1) is 27.1. The molecule has 190 valence electrons. The lowest BCUT2D eigenvalue weighted by molar-refractivity contribution is -0.127. The minimum Gasteiger partial charge on any atom is -0.349 e. The van der Waals surface area contributed by atoms with Gasteiger partial charge >= 0.3 is 0 Å². The van der Waals surface area contributed by atoms with Crippen molar-refractivity contribution in [1.82, 2.24) is 10.6 Å². The van der Waals surface area contributed by atoms with Crippen molar-refractivity contribution in [2.24, 2.45) is 0 Å². The number of aryl methyl sites for hydroxylation is 2. The first-order valence-electron chi connectivity index (χ1n) is 12.3. The highest BCUT2D eigenvalue weighted by Gasteiger charge is 2.35. The molecule has 2 aromatic carbocycles. The van der Waals surface area contributed by atoms with Crippen molar-refractivity contribution in [3.05, 3.63) is 87.6 Å². The number of thiophene rings is 1. The molecule has 0 unspecified atom stereocenters. The minimum absolute atomic E-state index is 0.235. The van der Waals surface area contributed by atoms with Crippen molar-refractivity contribution < 1.29 is 14.4 Å². The Morgan fingerprint density at radius 3 is 2.28 bits per heavy atom. The topological polar surface area (TPSA) is 78.5 Å². The van der Waals surface area contributed by atoms with Crippen molar-refractivity contribution in [2.75, 3.05) is 11.4 Å². The Morgan fingerprint density at radius 2 is 1.67 bits per heavy atom. The lowest BCUT2D eigenvalue weighted by atomic mass is 9.97. The van der Waals surface area contributed by atoms with Crippen LogP contribution in [0.5, 0.6) is 0 Å². The highest BCUT2D eigenvalue weighted by molar-refractivity contribution is 7.12. The number of nitrogens with zero attached hydrogens (tertiary/aromatic N) is 1. The van der Waals surface area contributed by atoms with Crippen LogP contribution in [0.1, 0.15) is 66.5 Å². The highest BCUT2D eigenvalue weighted by Crippen LogP contribution is 2.32. The van der Waals surface area contributed by atoms with Gasteiger partial charge in [0.2, 0.25) is 11.8 Å². The zero-order chi connectivity index (χ0) is 26.3. The van der Waals surface area contributed by atoms with Gasteiger partial charge in [-0.25, -0.2) is 0 Å². The van der Waals surface area contributed by atoms with Crippen LogP contribution >= 0.6 is 11.3 Å². The van der Waals surface area contributed by atoms with E-state index in [1.165, 1.54) is 11.3 Å². The van der Waals surface area contributed by atoms with Crippen molar-refractivity contribution >= 4 is 34.7 Å². The van der Waals surface area contributed by atoms with E-state index in [0.29, 0.717) is 22.5 Å². The molecule has 0 spiro atoms. The summed E-state index contributed by atoms with van der Waals surface area (Å²) < 4.78 is 0. The maximum atomic E-state index is 13.9. The van der Waals surface area contributed by atoms with Crippen LogP contribution in [0.4, 0.5) is 5.69 Å². The van der Waals surface area contributed by atoms with E-state index < -0.39 is 11.6 Å². The van der Waals surface area contributed by atoms with Gasteiger partial charge in [-0.2, -0.15) is 0 Å². The van der Waals surface area contributed by atoms with Gasteiger partial charge in [-0.3, -0.25) is 19.3 Å². The molecule has 3 rings (SSSR count). The summed E-state index contributed by atoms with van der Waals surface area (Å²) in [5, 5.41) is 7.68. The van der Waals surface area contributed by atoms with Crippen LogP contribution in [0.15, 0.2) is 66.0 Å². The summed E-state index contributed by atoms with van der Waals surface area (Å²) in [7, 11) is 0. The average molecular weight is 506 g/mol. The van der Waals surface area contributed by atoms with Crippen LogP contribution < -0.4 is 15.5 Å². The second-order valence-electron chi connectivity index (χ2n) is 9.45. The van der Waals surface area contributed by atoms with E-state index in [4.69, 9.17) is 0 Å². The lowest BCUT2D eigenvalue weighted by Crippen LogP contribution is -2.52. The van der Waals surface area contributed by atoms with Crippen LogP contribution in [0.2, 0.25) is 0 Å². The first-order chi connectivity index (χ1) is 17.2. The van der Waals surface area contributed by atoms with E-state index in [1.807, 2.05) is 88.5 Å². The predicted octanol–water partition coefficient (Wildman–Crippen LogP) is 5.43. The zero-order valence-corrected chi connectivity index (χ0v) is 22.4. The molecule has 2 N–H and O–H groups in total. The number of rotatable bonds is 10. The van der Waals surface area contributed by atoms with E-state index in [1.54, 1.807) is 17.0 Å². The van der Waals surface area contributed by atoms with E-state index in [2.05, 4.69) is 10.6 Å². The molecule has 0 aliphatic heterocycles. The lowest BCUT2D eigenvalue weighted by Gasteiger charge is -2.35. The number of nitrogens with one attached hydrogen (secondary N) is 2. The van der Waals surface area contributed by atoms with Crippen molar-refractivity contribution in [2.45, 2.75) is 59.0 Å². The quantitative estimate of drug-likeness (QED) is 0.386. The van der Waals surface area contributed by atoms with Crippen molar-refractivity contribution in [1.29, 1.82) is 0 Å². The molecule has 0 saturated heterocycles. The summed E-state index contributed by atoms with van der Waals surface area (Å²) >= 11 is 1.31. The number of para-hydroxylation sites is 1. The smallest absolute Gasteiger partial charge is 0.261 e. The standard InChI is InChI=1S/C29H35N3O3S/c1-6-21-11-8-9-12-23(21)32(25(33)19-30-27(34)24-13-10-18-36-24)26(22-16-14-20(3)15-17-22)28(35)31-29(4,5)7-2/h8-18,26H,6-7,19H2,1-5H3,(H,30,34)(H,31,35)/t26-/m0/s1. The number of hydrogen-bond donors (Lipinski definition) is 2. The Labute approximate surface area is 217 Å². The normalized spacial score (nSPS) is 12.0. The fourth-order valence-electron chi connectivity index (χ4n) is 3.85. The van der Waals surface area contributed by atoms with Gasteiger partial charge < -0.3 is 10.6 Å². The molecule has 0 aliphatic rings. The number of anilines is 1. The van der Waals surface area contributed by atoms with E-state index >= 15 is 0 Å². The summed E-state index contributed by atoms with van der Waals surface area (Å²) in [6.45, 7) is 9.70. The molecule has 6 nitrogen and oxygen atoms in total. The highest BCUT2D eigenvalue weighted by atomic mass is 32.1. The predicted molar refractivity (Wildman–Crippen MR) is 146 cm³/mol. The average Bonchev–Trinajstić information content (AvgIpc) is 3.41. The minimum atomic E-state index is -0.907. The molecule has 0 bridgehead atoms. The van der Waals surface area contributed by atoms with Gasteiger partial charge in [-0.15, -0.1) is 11.3 Å². The largest absolute Gasteiger partial charge is 0.349 e. The second kappa shape index (κ2) is 12.0. The van der Waals surface area contributed by atoms with Crippen LogP contribution in [-0.4, -0.2) is 29.8 Å². The molecular weight excluding hydrogens is 470 g/mol. The van der Waals surface area contributed by atoms with Crippen LogP contribution in [0, 0.1) is 6.92 Å². The van der Waals surface area contributed by atoms with Crippen LogP contribution in [0.25, 0.3) is 0 Å². The Hall–Kier alpha value is -3.45. The molecule has 0 radical (unpaired) electrons. The van der Waals surface area contributed by atoms with Gasteiger partial charge in [0.05, 0.1) is 11.4 Å². The van der Waals surface area contributed by atoms with E-state index in [9.17, 15) is 14.4 Å². The van der Waals surface area contributed by atoms with Gasteiger partial charge in [0.25, 0.3) is 5.91 Å². The summed E-state index contributed by atoms with van der Waals surface area (Å²) in [5.41, 5.74) is 2.91. The van der Waals surface area contributed by atoms with Crippen LogP contribution in [-0.2, 0) is 16.0 Å². The zero-order valence-electron chi connectivity index (χ0n) is 21.6. The SMILES string of the molecule is CCc1ccccc1N(C(=O)CNC(=O)c1cccs1)[C@H](C(=O)NC(C)(C)CC)c1ccc(C)cc1. The molecule has 0 fully saturated rings. The first-order valence-corrected chi connectivity index (χ1v) is 13.1. The molecular formula is C29H35N3O3S. The molecule has 0 saturated carbocycles. The second-order valence-corrected chi connectivity index (χ2v) is 10.4. The molecule has 7 heteroatoms. The third kappa shape index (κ3) is 6.61. The van der Waals surface area contributed by atoms with Gasteiger partial charge in [0.1, 0.15) is 6.04 Å². The van der Waals surface area contributed by atoms with Crippen molar-refractivity contribution in [3.8, 4) is 0 Å². The molecule has 1 atom stereocenters. The summed E-state index contributed by atoms with van der Waals surface area (Å²) in [6.07, 6.45) is 1.42. The number of carbonyl (C=O) groups is 3. The maximum absolute atomic E-state index is 13.9. The molecule has 1 heterocycles. The van der Waals surface area contributed by atoms with Gasteiger partial charge in [-0.05, 0) is 62.3 Å². The Balaban J connectivity index is 2.07. The molecule has 36 heavy (non-hydrogen) atoms. The van der Waals surface area contributed by atoms with Crippen molar-refractivity contribution in [3.63, 3.8) is 0 Å². The summed E-state index contributed by atoms with van der Waals surface area (Å²) in [6, 6.07) is 17.8. The molecule has 1 aromatic heterocycles. The van der Waals surface area contributed by atoms with Crippen LogP contribution in [0.3, 0.4) is 0 Å². The third-order valence-corrected chi connectivity index (χ3v) is 7.16. The fourth-order valence-corrected chi connectivity index (χ4v) is 4.49. The van der Waals surface area contributed by atoms with E-state index in [-0.39, 0.29) is 24.3 Å². The molecule has 0 aliphatic carbocycles. The summed E-state index contributed by atoms with van der Waals surface area (Å²) in [5.74, 6) is -0.948. The fraction of sp³-hybridized carbons (Fsp3) is 0.345. The Bertz CT molecular complexity index is 1190. The number of hydrogen-bond acceptors (Lipinski definition) is 4. The van der Waals surface area contributed by atoms with E-state index in [0.717, 1.165) is 17.5 Å². The Kier molecular flexibility index (Phi) is 9.04. The number of benzene rings is 2. The summed E-state index contributed by atoms with van der Waals surface area (Å²) in [4.78, 5) is 42.3. The molecule has 3 aromatic rings. The monoisotopic (exact) mass is 505 g/mol.